The number of aromatic nitrogens is 2. The van der Waals surface area contributed by atoms with Gasteiger partial charge in [-0.3, -0.25) is 14.5 Å². The van der Waals surface area contributed by atoms with E-state index in [0.717, 1.165) is 11.0 Å². The molecule has 2 N–H and O–H groups in total. The number of para-hydroxylation sites is 2. The fraction of sp³-hybridized carbons (Fsp3) is 0.167. The summed E-state index contributed by atoms with van der Waals surface area (Å²) >= 11 is 2.63. The van der Waals surface area contributed by atoms with Gasteiger partial charge >= 0.3 is 5.97 Å². The Morgan fingerprint density at radius 2 is 2.21 bits per heavy atom. The molecule has 1 amide bonds. The molecule has 2 saturated heterocycles. The van der Waals surface area contributed by atoms with Crippen LogP contribution >= 0.6 is 23.5 Å². The van der Waals surface area contributed by atoms with E-state index >= 15 is 0 Å². The maximum absolute atomic E-state index is 12.5. The molecule has 2 aromatic heterocycles. The first-order valence-electron chi connectivity index (χ1n) is 8.36. The summed E-state index contributed by atoms with van der Waals surface area (Å²) in [5.74, 6) is -0.936. The largest absolute Gasteiger partial charge is 0.480 e. The monoisotopic (exact) mass is 415 g/mol. The average Bonchev–Trinajstić information content (AvgIpc) is 3.10. The lowest BCUT2D eigenvalue weighted by atomic mass is 10.3. The van der Waals surface area contributed by atoms with E-state index < -0.39 is 12.2 Å². The number of H-pyrrole nitrogens is 1. The summed E-state index contributed by atoms with van der Waals surface area (Å²) in [6, 6.07) is 11.3. The normalized spacial score (nSPS) is 22.6. The number of nitrogens with one attached hydrogen (secondary N) is 1. The molecule has 0 radical (unpaired) electrons. The molecule has 2 unspecified atom stereocenters. The summed E-state index contributed by atoms with van der Waals surface area (Å²) in [6.45, 7) is -0.386. The predicted molar refractivity (Wildman–Crippen MR) is 103 cm³/mol. The van der Waals surface area contributed by atoms with Crippen LogP contribution in [-0.2, 0) is 14.3 Å². The number of aromatic amines is 1. The first-order chi connectivity index (χ1) is 13.6. The topological polar surface area (TPSA) is 112 Å². The molecule has 142 valence electrons. The van der Waals surface area contributed by atoms with Crippen LogP contribution in [0.2, 0.25) is 0 Å². The Kier molecular flexibility index (Phi) is 4.18. The number of fused-ring (bicyclic) bond motifs is 2. The number of imidazole rings is 1. The molecule has 0 aliphatic carbocycles. The number of carbonyl (C=O) groups is 2. The van der Waals surface area contributed by atoms with E-state index in [9.17, 15) is 9.59 Å². The molecule has 3 aromatic rings. The van der Waals surface area contributed by atoms with Gasteiger partial charge in [0, 0.05) is 6.08 Å². The zero-order valence-electron chi connectivity index (χ0n) is 14.2. The zero-order valence-corrected chi connectivity index (χ0v) is 15.8. The van der Waals surface area contributed by atoms with Crippen LogP contribution in [-0.4, -0.2) is 50.1 Å². The van der Waals surface area contributed by atoms with Crippen molar-refractivity contribution in [3.63, 3.8) is 0 Å². The minimum atomic E-state index is -1.07. The highest BCUT2D eigenvalue weighted by Crippen LogP contribution is 2.46. The van der Waals surface area contributed by atoms with Gasteiger partial charge in [-0.05, 0) is 36.0 Å². The second-order valence-electron chi connectivity index (χ2n) is 6.17. The summed E-state index contributed by atoms with van der Waals surface area (Å²) in [5.41, 5.74) is 1.60. The lowest BCUT2D eigenvalue weighted by molar-refractivity contribution is -0.144. The minimum Gasteiger partial charge on any atom is -0.480 e. The van der Waals surface area contributed by atoms with Crippen molar-refractivity contribution in [2.75, 3.05) is 6.54 Å². The lowest BCUT2D eigenvalue weighted by Crippen LogP contribution is -2.41. The van der Waals surface area contributed by atoms with Crippen molar-refractivity contribution in [3.05, 3.63) is 47.1 Å². The van der Waals surface area contributed by atoms with Crippen LogP contribution < -0.4 is 0 Å². The number of hydrogen-bond acceptors (Lipinski definition) is 7. The molecule has 10 heteroatoms. The minimum absolute atomic E-state index is 0.220. The molecule has 2 atom stereocenters. The van der Waals surface area contributed by atoms with Crippen molar-refractivity contribution in [2.24, 2.45) is 0 Å². The number of hydrogen-bond donors (Lipinski definition) is 2. The number of ether oxygens (including phenoxy) is 1. The fourth-order valence-corrected chi connectivity index (χ4v) is 4.76. The van der Waals surface area contributed by atoms with Crippen LogP contribution in [0.1, 0.15) is 5.76 Å². The third kappa shape index (κ3) is 3.30. The number of epoxide rings is 1. The molecular formula is C18H13N3O5S2. The Balaban J connectivity index is 1.34. The van der Waals surface area contributed by atoms with E-state index in [1.54, 1.807) is 18.2 Å². The molecule has 2 fully saturated rings. The zero-order chi connectivity index (χ0) is 19.3. The summed E-state index contributed by atoms with van der Waals surface area (Å²) in [6.07, 6.45) is 1.16. The first-order valence-corrected chi connectivity index (χ1v) is 10.1. The highest BCUT2D eigenvalue weighted by atomic mass is 32.2. The third-order valence-corrected chi connectivity index (χ3v) is 6.13. The predicted octanol–water partition coefficient (Wildman–Crippen LogP) is 2.99. The first kappa shape index (κ1) is 17.4. The third-order valence-electron chi connectivity index (χ3n) is 4.20. The molecular weight excluding hydrogens is 402 g/mol. The molecule has 0 saturated carbocycles. The Bertz CT molecular complexity index is 1090. The Morgan fingerprint density at radius 3 is 3.04 bits per heavy atom. The average molecular weight is 415 g/mol. The van der Waals surface area contributed by atoms with Crippen LogP contribution in [0, 0.1) is 0 Å². The van der Waals surface area contributed by atoms with Gasteiger partial charge in [0.15, 0.2) is 21.9 Å². The summed E-state index contributed by atoms with van der Waals surface area (Å²) < 4.78 is 11.1. The Labute approximate surface area is 166 Å². The smallest absolute Gasteiger partial charge is 0.323 e. The Hall–Kier alpha value is -2.69. The van der Waals surface area contributed by atoms with Crippen LogP contribution in [0.3, 0.4) is 0 Å². The number of furan rings is 1. The molecule has 0 spiro atoms. The SMILES string of the molecule is O=C(O)CN1C(=O)/C(=C/c2ccc(Sc3nc4ccccc4[nH]3)o2)SC2OC21. The number of nitrogens with zero attached hydrogens (tertiary/aromatic N) is 2. The molecule has 2 aliphatic rings. The van der Waals surface area contributed by atoms with Gasteiger partial charge in [0.1, 0.15) is 12.3 Å². The number of carboxylic acids is 1. The molecule has 8 nitrogen and oxygen atoms in total. The van der Waals surface area contributed by atoms with Gasteiger partial charge in [-0.25, -0.2) is 4.98 Å². The maximum atomic E-state index is 12.5. The summed E-state index contributed by atoms with van der Waals surface area (Å²) in [7, 11) is 0. The number of carboxylic acid groups (broad SMARTS) is 1. The van der Waals surface area contributed by atoms with Crippen molar-refractivity contribution in [1.29, 1.82) is 0 Å². The van der Waals surface area contributed by atoms with Gasteiger partial charge in [0.2, 0.25) is 0 Å². The number of aliphatic carboxylic acids is 1. The summed E-state index contributed by atoms with van der Waals surface area (Å²) in [4.78, 5) is 32.8. The van der Waals surface area contributed by atoms with Crippen LogP contribution in [0.5, 0.6) is 0 Å². The summed E-state index contributed by atoms with van der Waals surface area (Å²) in [5, 5.41) is 10.3. The van der Waals surface area contributed by atoms with Crippen molar-refractivity contribution in [3.8, 4) is 0 Å². The van der Waals surface area contributed by atoms with Crippen molar-refractivity contribution in [2.45, 2.75) is 21.9 Å². The second kappa shape index (κ2) is 6.73. The van der Waals surface area contributed by atoms with E-state index in [1.165, 1.54) is 28.4 Å². The van der Waals surface area contributed by atoms with Gasteiger partial charge < -0.3 is 19.2 Å². The van der Waals surface area contributed by atoms with Crippen molar-refractivity contribution < 1.29 is 23.8 Å². The standard InChI is InChI=1S/C18H13N3O5S2/c22-13(23)8-21-15(24)12(27-17-16(21)26-17)7-9-5-6-14(25-9)28-18-19-10-3-1-2-4-11(10)20-18/h1-7,16-17H,8H2,(H,19,20)(H,22,23)/b12-7-. The van der Waals surface area contributed by atoms with Gasteiger partial charge in [-0.15, -0.1) is 0 Å². The fourth-order valence-electron chi connectivity index (χ4n) is 2.90. The maximum Gasteiger partial charge on any atom is 0.323 e. The highest BCUT2D eigenvalue weighted by molar-refractivity contribution is 8.05. The van der Waals surface area contributed by atoms with Crippen LogP contribution in [0.15, 0.2) is 56.0 Å². The van der Waals surface area contributed by atoms with Crippen molar-refractivity contribution >= 4 is 52.5 Å². The number of thioether (sulfide) groups is 1. The van der Waals surface area contributed by atoms with Gasteiger partial charge in [-0.1, -0.05) is 23.9 Å². The molecule has 28 heavy (non-hydrogen) atoms. The molecule has 0 bridgehead atoms. The van der Waals surface area contributed by atoms with E-state index in [-0.39, 0.29) is 17.9 Å². The van der Waals surface area contributed by atoms with E-state index in [0.29, 0.717) is 20.9 Å². The number of benzene rings is 1. The van der Waals surface area contributed by atoms with Crippen molar-refractivity contribution in [1.82, 2.24) is 14.9 Å². The van der Waals surface area contributed by atoms with Gasteiger partial charge in [0.05, 0.1) is 15.9 Å². The second-order valence-corrected chi connectivity index (χ2v) is 8.30. The quantitative estimate of drug-likeness (QED) is 0.483. The molecule has 4 heterocycles. The van der Waals surface area contributed by atoms with Gasteiger partial charge in [-0.2, -0.15) is 0 Å². The van der Waals surface area contributed by atoms with Crippen LogP contribution in [0.4, 0.5) is 0 Å². The molecule has 2 aliphatic heterocycles. The lowest BCUT2D eigenvalue weighted by Gasteiger charge is -2.22. The number of carbonyl (C=O) groups excluding carboxylic acids is 1. The van der Waals surface area contributed by atoms with E-state index in [2.05, 4.69) is 9.97 Å². The molecule has 1 aromatic carbocycles. The van der Waals surface area contributed by atoms with E-state index in [1.807, 2.05) is 24.3 Å². The number of amides is 1. The number of rotatable bonds is 5. The van der Waals surface area contributed by atoms with Gasteiger partial charge in [0.25, 0.3) is 5.91 Å². The van der Waals surface area contributed by atoms with E-state index in [4.69, 9.17) is 14.3 Å². The highest BCUT2D eigenvalue weighted by Gasteiger charge is 2.53. The molecule has 5 rings (SSSR count). The Morgan fingerprint density at radius 1 is 1.36 bits per heavy atom. The van der Waals surface area contributed by atoms with Crippen LogP contribution in [0.25, 0.3) is 17.1 Å².